The van der Waals surface area contributed by atoms with Crippen LogP contribution in [-0.2, 0) is 0 Å². The highest BCUT2D eigenvalue weighted by Crippen LogP contribution is 2.35. The maximum absolute atomic E-state index is 14.7. The van der Waals surface area contributed by atoms with Crippen LogP contribution in [0.15, 0.2) is 59.7 Å². The van der Waals surface area contributed by atoms with Crippen LogP contribution in [0.25, 0.3) is 33.2 Å². The molecular weight excluding hydrogens is 445 g/mol. The number of nitrogen functional groups attached to an aromatic ring is 1. The molecule has 2 N–H and O–H groups in total. The van der Waals surface area contributed by atoms with Gasteiger partial charge in [-0.2, -0.15) is 5.10 Å². The molecule has 3 heterocycles. The van der Waals surface area contributed by atoms with Crippen molar-refractivity contribution in [1.82, 2.24) is 29.3 Å². The van der Waals surface area contributed by atoms with E-state index in [1.807, 2.05) is 37.3 Å². The van der Waals surface area contributed by atoms with Crippen LogP contribution < -0.4 is 11.3 Å². The lowest BCUT2D eigenvalue weighted by molar-refractivity contribution is 0.433. The molecule has 9 heteroatoms. The zero-order chi connectivity index (χ0) is 24.1. The van der Waals surface area contributed by atoms with E-state index in [0.29, 0.717) is 33.9 Å². The van der Waals surface area contributed by atoms with Gasteiger partial charge in [0.2, 0.25) is 0 Å². The van der Waals surface area contributed by atoms with E-state index in [-0.39, 0.29) is 17.0 Å². The van der Waals surface area contributed by atoms with Crippen LogP contribution in [0.2, 0.25) is 0 Å². The number of fused-ring (bicyclic) bond motifs is 2. The number of nitrogens with zero attached hydrogens (tertiary/aromatic N) is 6. The number of hydrogen-bond acceptors (Lipinski definition) is 6. The zero-order valence-electron chi connectivity index (χ0n) is 19.2. The molecule has 0 radical (unpaired) electrons. The van der Waals surface area contributed by atoms with E-state index in [9.17, 15) is 9.18 Å². The number of rotatable bonds is 4. The fourth-order valence-electron chi connectivity index (χ4n) is 5.20. The van der Waals surface area contributed by atoms with E-state index in [1.54, 1.807) is 21.4 Å². The van der Waals surface area contributed by atoms with Gasteiger partial charge in [-0.25, -0.2) is 24.0 Å². The molecule has 1 saturated carbocycles. The van der Waals surface area contributed by atoms with Gasteiger partial charge in [0, 0.05) is 11.6 Å². The Balaban J connectivity index is 1.62. The molecule has 3 aromatic heterocycles. The monoisotopic (exact) mass is 469 g/mol. The molecule has 0 aliphatic heterocycles. The Bertz CT molecular complexity index is 1620. The number of benzene rings is 2. The van der Waals surface area contributed by atoms with E-state index in [2.05, 4.69) is 9.97 Å². The Kier molecular flexibility index (Phi) is 5.05. The van der Waals surface area contributed by atoms with Crippen LogP contribution in [0.3, 0.4) is 0 Å². The third kappa shape index (κ3) is 3.38. The van der Waals surface area contributed by atoms with Crippen molar-refractivity contribution >= 4 is 27.8 Å². The lowest BCUT2D eigenvalue weighted by Gasteiger charge is -2.23. The second kappa shape index (κ2) is 8.26. The fourth-order valence-corrected chi connectivity index (χ4v) is 5.20. The van der Waals surface area contributed by atoms with Crippen molar-refractivity contribution in [3.63, 3.8) is 0 Å². The quantitative estimate of drug-likeness (QED) is 0.411. The molecule has 1 unspecified atom stereocenters. The van der Waals surface area contributed by atoms with Gasteiger partial charge >= 0.3 is 0 Å². The zero-order valence-corrected chi connectivity index (χ0v) is 19.2. The summed E-state index contributed by atoms with van der Waals surface area (Å²) < 4.78 is 18.1. The van der Waals surface area contributed by atoms with Gasteiger partial charge in [-0.3, -0.25) is 9.36 Å². The van der Waals surface area contributed by atoms with Gasteiger partial charge in [0.15, 0.2) is 5.65 Å². The molecule has 1 aliphatic rings. The Morgan fingerprint density at radius 3 is 2.57 bits per heavy atom. The summed E-state index contributed by atoms with van der Waals surface area (Å²) in [5.41, 5.74) is 8.35. The topological polar surface area (TPSA) is 105 Å². The van der Waals surface area contributed by atoms with Crippen LogP contribution in [0.1, 0.15) is 50.5 Å². The first-order chi connectivity index (χ1) is 17.0. The highest BCUT2D eigenvalue weighted by molar-refractivity contribution is 5.98. The van der Waals surface area contributed by atoms with Gasteiger partial charge in [0.05, 0.1) is 10.9 Å². The predicted octanol–water partition coefficient (Wildman–Crippen LogP) is 4.65. The van der Waals surface area contributed by atoms with Crippen molar-refractivity contribution in [2.24, 2.45) is 0 Å². The van der Waals surface area contributed by atoms with Crippen molar-refractivity contribution in [3.8, 4) is 11.3 Å². The molecule has 8 nitrogen and oxygen atoms in total. The first-order valence-corrected chi connectivity index (χ1v) is 11.8. The molecule has 6 rings (SSSR count). The Hall–Kier alpha value is -4.14. The lowest BCUT2D eigenvalue weighted by Crippen LogP contribution is -2.31. The van der Waals surface area contributed by atoms with E-state index >= 15 is 0 Å². The van der Waals surface area contributed by atoms with Gasteiger partial charge in [-0.1, -0.05) is 49.2 Å². The third-order valence-electron chi connectivity index (χ3n) is 6.90. The largest absolute Gasteiger partial charge is 0.383 e. The average Bonchev–Trinajstić information content (AvgIpc) is 3.53. The number of aromatic nitrogens is 6. The van der Waals surface area contributed by atoms with E-state index in [0.717, 1.165) is 31.2 Å². The number of halogens is 1. The van der Waals surface area contributed by atoms with Crippen molar-refractivity contribution in [1.29, 1.82) is 0 Å². The van der Waals surface area contributed by atoms with Crippen molar-refractivity contribution in [3.05, 3.63) is 76.9 Å². The van der Waals surface area contributed by atoms with Crippen LogP contribution in [0.5, 0.6) is 0 Å². The fraction of sp³-hybridized carbons (Fsp3) is 0.269. The maximum atomic E-state index is 14.7. The van der Waals surface area contributed by atoms with Gasteiger partial charge in [-0.15, -0.1) is 0 Å². The van der Waals surface area contributed by atoms with Gasteiger partial charge < -0.3 is 5.73 Å². The van der Waals surface area contributed by atoms with Crippen LogP contribution in [0.4, 0.5) is 10.2 Å². The van der Waals surface area contributed by atoms with Crippen molar-refractivity contribution in [2.75, 3.05) is 5.73 Å². The summed E-state index contributed by atoms with van der Waals surface area (Å²) in [6.07, 6.45) is 5.15. The Labute approximate surface area is 200 Å². The summed E-state index contributed by atoms with van der Waals surface area (Å²) in [4.78, 5) is 27.1. The number of anilines is 1. The molecule has 0 spiro atoms. The van der Waals surface area contributed by atoms with Crippen LogP contribution in [-0.4, -0.2) is 29.3 Å². The highest BCUT2D eigenvalue weighted by Gasteiger charge is 2.29. The molecule has 1 fully saturated rings. The second-order valence-electron chi connectivity index (χ2n) is 9.01. The highest BCUT2D eigenvalue weighted by atomic mass is 19.1. The minimum Gasteiger partial charge on any atom is -0.383 e. The normalized spacial score (nSPS) is 15.3. The van der Waals surface area contributed by atoms with Crippen LogP contribution >= 0.6 is 0 Å². The van der Waals surface area contributed by atoms with Gasteiger partial charge in [0.1, 0.15) is 40.9 Å². The predicted molar refractivity (Wildman–Crippen MR) is 132 cm³/mol. The molecular formula is C26H24FN7O. The van der Waals surface area contributed by atoms with Crippen molar-refractivity contribution < 1.29 is 4.39 Å². The first kappa shape index (κ1) is 21.4. The number of hydrogen-bond donors (Lipinski definition) is 1. The van der Waals surface area contributed by atoms with E-state index < -0.39 is 11.9 Å². The summed E-state index contributed by atoms with van der Waals surface area (Å²) in [5.74, 6) is 0.303. The van der Waals surface area contributed by atoms with Gasteiger partial charge in [-0.05, 0) is 31.9 Å². The summed E-state index contributed by atoms with van der Waals surface area (Å²) >= 11 is 0. The van der Waals surface area contributed by atoms with Crippen LogP contribution in [0, 0.1) is 5.82 Å². The molecule has 35 heavy (non-hydrogen) atoms. The molecule has 1 atom stereocenters. The maximum Gasteiger partial charge on any atom is 0.264 e. The average molecular weight is 470 g/mol. The van der Waals surface area contributed by atoms with Gasteiger partial charge in [0.25, 0.3) is 5.56 Å². The Morgan fingerprint density at radius 2 is 1.80 bits per heavy atom. The molecule has 1 aliphatic carbocycles. The smallest absolute Gasteiger partial charge is 0.264 e. The lowest BCUT2D eigenvalue weighted by atomic mass is 10.1. The van der Waals surface area contributed by atoms with E-state index in [4.69, 9.17) is 15.8 Å². The molecule has 0 amide bonds. The minimum absolute atomic E-state index is 0.0252. The third-order valence-corrected chi connectivity index (χ3v) is 6.90. The first-order valence-electron chi connectivity index (χ1n) is 11.8. The minimum atomic E-state index is -0.553. The standard InChI is InChI=1S/C26H24FN7O/c1-15(34-25-21(23(28)29-14-30-25)22(32-34)16-8-3-2-4-9-16)24-31-19-13-7-12-18(27)20(19)26(35)33(24)17-10-5-6-11-17/h2-4,7-9,12-15,17H,5-6,10-11H2,1H3,(H2,28,29,30). The van der Waals surface area contributed by atoms with Crippen molar-refractivity contribution in [2.45, 2.75) is 44.7 Å². The van der Waals surface area contributed by atoms with E-state index in [1.165, 1.54) is 12.4 Å². The second-order valence-corrected chi connectivity index (χ2v) is 9.01. The number of nitrogens with two attached hydrogens (primary N) is 1. The summed E-state index contributed by atoms with van der Waals surface area (Å²) in [5, 5.41) is 5.57. The summed E-state index contributed by atoms with van der Waals surface area (Å²) in [6.45, 7) is 1.93. The summed E-state index contributed by atoms with van der Waals surface area (Å²) in [6, 6.07) is 13.8. The Morgan fingerprint density at radius 1 is 1.03 bits per heavy atom. The SMILES string of the molecule is CC(c1nc2cccc(F)c2c(=O)n1C1CCCC1)n1nc(-c2ccccc2)c2c(N)ncnc21. The molecule has 2 aromatic carbocycles. The molecule has 5 aromatic rings. The summed E-state index contributed by atoms with van der Waals surface area (Å²) in [7, 11) is 0. The molecule has 176 valence electrons. The molecule has 0 bridgehead atoms. The molecule has 0 saturated heterocycles.